The van der Waals surface area contributed by atoms with Crippen molar-refractivity contribution in [1.29, 1.82) is 0 Å². The van der Waals surface area contributed by atoms with Gasteiger partial charge in [-0.2, -0.15) is 0 Å². The van der Waals surface area contributed by atoms with E-state index in [4.69, 9.17) is 9.47 Å². The number of benzene rings is 1. The first kappa shape index (κ1) is 18.4. The summed E-state index contributed by atoms with van der Waals surface area (Å²) >= 11 is 0. The van der Waals surface area contributed by atoms with Gasteiger partial charge in [-0.15, -0.1) is 0 Å². The number of hydrogen-bond acceptors (Lipinski definition) is 5. The van der Waals surface area contributed by atoms with Gasteiger partial charge in [-0.1, -0.05) is 0 Å². The molecule has 0 saturated carbocycles. The van der Waals surface area contributed by atoms with Gasteiger partial charge in [0.1, 0.15) is 12.3 Å². The Morgan fingerprint density at radius 3 is 2.42 bits per heavy atom. The van der Waals surface area contributed by atoms with Gasteiger partial charge < -0.3 is 14.4 Å². The molecule has 3 rings (SSSR count). The van der Waals surface area contributed by atoms with Gasteiger partial charge in [-0.25, -0.2) is 0 Å². The quantitative estimate of drug-likeness (QED) is 0.766. The molecule has 0 N–H and O–H groups in total. The Balaban J connectivity index is 1.86. The Hall–Kier alpha value is -2.41. The summed E-state index contributed by atoms with van der Waals surface area (Å²) in [6, 6.07) is 4.94. The monoisotopic (exact) mass is 360 g/mol. The van der Waals surface area contributed by atoms with Crippen LogP contribution in [0.2, 0.25) is 0 Å². The fourth-order valence-corrected chi connectivity index (χ4v) is 3.41. The molecule has 0 spiro atoms. The number of carbonyl (C=O) groups is 3. The van der Waals surface area contributed by atoms with E-state index in [2.05, 4.69) is 0 Å². The molecule has 7 nitrogen and oxygen atoms in total. The van der Waals surface area contributed by atoms with Crippen LogP contribution < -0.4 is 9.64 Å². The Bertz CT molecular complexity index is 737. The van der Waals surface area contributed by atoms with Crippen molar-refractivity contribution < 1.29 is 23.9 Å². The largest absolute Gasteiger partial charge is 0.479 e. The second-order valence-corrected chi connectivity index (χ2v) is 6.98. The van der Waals surface area contributed by atoms with Crippen LogP contribution in [0.1, 0.15) is 38.1 Å². The number of nitrogens with zero attached hydrogens (tertiary/aromatic N) is 2. The summed E-state index contributed by atoms with van der Waals surface area (Å²) in [6.45, 7) is 7.87. The third kappa shape index (κ3) is 3.58. The number of rotatable bonds is 3. The lowest BCUT2D eigenvalue weighted by molar-refractivity contribution is -0.143. The average molecular weight is 360 g/mol. The van der Waals surface area contributed by atoms with E-state index in [0.29, 0.717) is 30.1 Å². The van der Waals surface area contributed by atoms with E-state index in [9.17, 15) is 14.4 Å². The fourth-order valence-electron chi connectivity index (χ4n) is 3.41. The van der Waals surface area contributed by atoms with E-state index < -0.39 is 6.10 Å². The molecule has 0 aliphatic carbocycles. The number of morpholine rings is 1. The molecule has 2 aliphatic heterocycles. The first-order valence-electron chi connectivity index (χ1n) is 8.82. The summed E-state index contributed by atoms with van der Waals surface area (Å²) in [5.41, 5.74) is 0.935. The standard InChI is InChI=1S/C19H24N2O5/c1-11-8-20(9-12(2)25-11)18(23)10-21-16-7-15(13(3)22)5-6-17(16)26-14(4)19(21)24/h5-7,11-12,14H,8-10H2,1-4H3. The summed E-state index contributed by atoms with van der Waals surface area (Å²) in [6.07, 6.45) is -0.766. The summed E-state index contributed by atoms with van der Waals surface area (Å²) < 4.78 is 11.3. The van der Waals surface area contributed by atoms with Gasteiger partial charge in [0, 0.05) is 18.7 Å². The maximum absolute atomic E-state index is 12.8. The summed E-state index contributed by atoms with van der Waals surface area (Å²) in [4.78, 5) is 40.3. The van der Waals surface area contributed by atoms with Crippen molar-refractivity contribution in [1.82, 2.24) is 4.90 Å². The van der Waals surface area contributed by atoms with Gasteiger partial charge in [0.25, 0.3) is 5.91 Å². The highest BCUT2D eigenvalue weighted by Crippen LogP contribution is 2.35. The predicted octanol–water partition coefficient (Wildman–Crippen LogP) is 1.64. The number of ether oxygens (including phenoxy) is 2. The minimum Gasteiger partial charge on any atom is -0.479 e. The molecule has 140 valence electrons. The van der Waals surface area contributed by atoms with E-state index in [0.717, 1.165) is 0 Å². The van der Waals surface area contributed by atoms with Gasteiger partial charge in [0.05, 0.1) is 17.9 Å². The fraction of sp³-hybridized carbons (Fsp3) is 0.526. The average Bonchev–Trinajstić information content (AvgIpc) is 2.57. The zero-order valence-electron chi connectivity index (χ0n) is 15.5. The number of carbonyl (C=O) groups excluding carboxylic acids is 3. The molecule has 1 fully saturated rings. The van der Waals surface area contributed by atoms with Gasteiger partial charge in [-0.05, 0) is 45.9 Å². The van der Waals surface area contributed by atoms with Crippen LogP contribution in [-0.4, -0.2) is 60.4 Å². The number of hydrogen-bond donors (Lipinski definition) is 0. The molecule has 3 atom stereocenters. The number of Topliss-reactive ketones (excluding diaryl/α,β-unsaturated/α-hetero) is 1. The van der Waals surface area contributed by atoms with Gasteiger partial charge in [0.15, 0.2) is 11.9 Å². The molecule has 2 aliphatic rings. The Labute approximate surface area is 152 Å². The van der Waals surface area contributed by atoms with Crippen LogP contribution in [0.3, 0.4) is 0 Å². The highest BCUT2D eigenvalue weighted by Gasteiger charge is 2.35. The maximum atomic E-state index is 12.8. The summed E-state index contributed by atoms with van der Waals surface area (Å²) in [7, 11) is 0. The van der Waals surface area contributed by atoms with E-state index in [1.54, 1.807) is 30.0 Å². The van der Waals surface area contributed by atoms with Crippen LogP contribution in [0.15, 0.2) is 18.2 Å². The van der Waals surface area contributed by atoms with E-state index in [1.165, 1.54) is 11.8 Å². The van der Waals surface area contributed by atoms with Crippen LogP contribution >= 0.6 is 0 Å². The van der Waals surface area contributed by atoms with Crippen LogP contribution in [0.25, 0.3) is 0 Å². The number of ketones is 1. The van der Waals surface area contributed by atoms with Crippen LogP contribution in [0.4, 0.5) is 5.69 Å². The van der Waals surface area contributed by atoms with Gasteiger partial charge in [-0.3, -0.25) is 19.3 Å². The van der Waals surface area contributed by atoms with Crippen molar-refractivity contribution in [2.75, 3.05) is 24.5 Å². The zero-order chi connectivity index (χ0) is 19.0. The lowest BCUT2D eigenvalue weighted by Gasteiger charge is -2.38. The van der Waals surface area contributed by atoms with Crippen molar-refractivity contribution in [2.45, 2.75) is 46.0 Å². The Morgan fingerprint density at radius 1 is 1.15 bits per heavy atom. The van der Waals surface area contributed by atoms with Crippen molar-refractivity contribution in [2.24, 2.45) is 0 Å². The van der Waals surface area contributed by atoms with Crippen molar-refractivity contribution in [3.05, 3.63) is 23.8 Å². The molecule has 2 amide bonds. The molecule has 7 heteroatoms. The topological polar surface area (TPSA) is 76.2 Å². The minimum atomic E-state index is -0.680. The predicted molar refractivity (Wildman–Crippen MR) is 95.5 cm³/mol. The Morgan fingerprint density at radius 2 is 1.81 bits per heavy atom. The molecule has 1 saturated heterocycles. The first-order chi connectivity index (χ1) is 12.3. The Kier molecular flexibility index (Phi) is 5.00. The lowest BCUT2D eigenvalue weighted by atomic mass is 10.1. The third-order valence-corrected chi connectivity index (χ3v) is 4.64. The molecule has 3 unspecified atom stereocenters. The molecule has 1 aromatic rings. The maximum Gasteiger partial charge on any atom is 0.268 e. The zero-order valence-corrected chi connectivity index (χ0v) is 15.5. The van der Waals surface area contributed by atoms with Crippen molar-refractivity contribution in [3.8, 4) is 5.75 Å². The molecule has 26 heavy (non-hydrogen) atoms. The number of anilines is 1. The van der Waals surface area contributed by atoms with E-state index >= 15 is 0 Å². The molecule has 1 aromatic carbocycles. The normalized spacial score (nSPS) is 25.5. The second kappa shape index (κ2) is 7.07. The minimum absolute atomic E-state index is 0.0429. The van der Waals surface area contributed by atoms with Crippen LogP contribution in [0.5, 0.6) is 5.75 Å². The summed E-state index contributed by atoms with van der Waals surface area (Å²) in [5.74, 6) is -0.0471. The van der Waals surface area contributed by atoms with Crippen LogP contribution in [0, 0.1) is 0 Å². The van der Waals surface area contributed by atoms with E-state index in [1.807, 2.05) is 13.8 Å². The van der Waals surface area contributed by atoms with Crippen molar-refractivity contribution in [3.63, 3.8) is 0 Å². The smallest absolute Gasteiger partial charge is 0.268 e. The number of amides is 2. The second-order valence-electron chi connectivity index (χ2n) is 6.98. The number of fused-ring (bicyclic) bond motifs is 1. The molecule has 0 radical (unpaired) electrons. The SMILES string of the molecule is CC(=O)c1ccc2c(c1)N(CC(=O)N1CC(C)OC(C)C1)C(=O)C(C)O2. The third-order valence-electron chi connectivity index (χ3n) is 4.64. The first-order valence-corrected chi connectivity index (χ1v) is 8.82. The molecule has 0 bridgehead atoms. The molecule has 0 aromatic heterocycles. The molecular formula is C19H24N2O5. The summed E-state index contributed by atoms with van der Waals surface area (Å²) in [5, 5.41) is 0. The van der Waals surface area contributed by atoms with E-state index in [-0.39, 0.29) is 36.4 Å². The highest BCUT2D eigenvalue weighted by atomic mass is 16.5. The highest BCUT2D eigenvalue weighted by molar-refractivity contribution is 6.05. The van der Waals surface area contributed by atoms with Crippen LogP contribution in [-0.2, 0) is 14.3 Å². The molecular weight excluding hydrogens is 336 g/mol. The molecule has 2 heterocycles. The van der Waals surface area contributed by atoms with Gasteiger partial charge >= 0.3 is 0 Å². The lowest BCUT2D eigenvalue weighted by Crippen LogP contribution is -2.54. The van der Waals surface area contributed by atoms with Gasteiger partial charge in [0.2, 0.25) is 5.91 Å². The van der Waals surface area contributed by atoms with Crippen molar-refractivity contribution >= 4 is 23.3 Å².